The molecule has 74 valence electrons. The summed E-state index contributed by atoms with van der Waals surface area (Å²) in [4.78, 5) is 0. The van der Waals surface area contributed by atoms with E-state index in [1.165, 1.54) is 0 Å². The predicted octanol–water partition coefficient (Wildman–Crippen LogP) is 1.55. The molecule has 3 heteroatoms. The molecular weight excluding hydrogens is 156 g/mol. The van der Waals surface area contributed by atoms with Gasteiger partial charge in [0.1, 0.15) is 0 Å². The van der Waals surface area contributed by atoms with Crippen molar-refractivity contribution < 1.29 is 14.6 Å². The first kappa shape index (κ1) is 11.9. The normalized spacial score (nSPS) is 13.2. The van der Waals surface area contributed by atoms with E-state index in [0.29, 0.717) is 19.6 Å². The Kier molecular flexibility index (Phi) is 8.88. The molecule has 0 aromatic carbocycles. The van der Waals surface area contributed by atoms with Crippen molar-refractivity contribution in [3.05, 3.63) is 0 Å². The second-order valence-corrected chi connectivity index (χ2v) is 2.70. The molecule has 0 heterocycles. The maximum atomic E-state index is 8.98. The summed E-state index contributed by atoms with van der Waals surface area (Å²) in [5.74, 6) is 0. The predicted molar refractivity (Wildman–Crippen MR) is 48.0 cm³/mol. The topological polar surface area (TPSA) is 38.7 Å². The van der Waals surface area contributed by atoms with Crippen molar-refractivity contribution in [2.24, 2.45) is 0 Å². The number of rotatable bonds is 8. The van der Waals surface area contributed by atoms with Crippen molar-refractivity contribution in [3.8, 4) is 0 Å². The summed E-state index contributed by atoms with van der Waals surface area (Å²) in [6, 6.07) is 0. The molecule has 0 fully saturated rings. The highest BCUT2D eigenvalue weighted by atomic mass is 16.6. The molecule has 1 N–H and O–H groups in total. The van der Waals surface area contributed by atoms with Gasteiger partial charge in [-0.1, -0.05) is 20.3 Å². The second-order valence-electron chi connectivity index (χ2n) is 2.70. The molecule has 0 saturated heterocycles. The molecule has 0 aromatic heterocycles. The lowest BCUT2D eigenvalue weighted by Gasteiger charge is -2.09. The summed E-state index contributed by atoms with van der Waals surface area (Å²) in [6.45, 7) is 5.86. The van der Waals surface area contributed by atoms with Gasteiger partial charge in [0.2, 0.25) is 0 Å². The first-order valence-corrected chi connectivity index (χ1v) is 4.68. The molecule has 0 aliphatic heterocycles. The maximum Gasteiger partial charge on any atom is 0.154 e. The van der Waals surface area contributed by atoms with Gasteiger partial charge in [-0.3, -0.25) is 0 Å². The number of hydrogen-bond acceptors (Lipinski definition) is 3. The van der Waals surface area contributed by atoms with Gasteiger partial charge in [-0.2, -0.15) is 0 Å². The van der Waals surface area contributed by atoms with E-state index in [-0.39, 0.29) is 0 Å². The smallest absolute Gasteiger partial charge is 0.154 e. The molecule has 0 saturated carbocycles. The Bertz CT molecular complexity index is 85.8. The molecule has 0 rings (SSSR count). The minimum atomic E-state index is -0.625. The van der Waals surface area contributed by atoms with Crippen molar-refractivity contribution in [2.75, 3.05) is 19.8 Å². The van der Waals surface area contributed by atoms with Crippen LogP contribution in [0.1, 0.15) is 33.1 Å². The molecule has 12 heavy (non-hydrogen) atoms. The van der Waals surface area contributed by atoms with Crippen LogP contribution in [0.2, 0.25) is 0 Å². The molecule has 0 aliphatic carbocycles. The summed E-state index contributed by atoms with van der Waals surface area (Å²) >= 11 is 0. The summed E-state index contributed by atoms with van der Waals surface area (Å²) in [7, 11) is 0. The van der Waals surface area contributed by atoms with Crippen LogP contribution in [0.4, 0.5) is 0 Å². The Balaban J connectivity index is 2.90. The zero-order valence-corrected chi connectivity index (χ0v) is 8.08. The third-order valence-electron chi connectivity index (χ3n) is 1.53. The molecule has 3 nitrogen and oxygen atoms in total. The largest absolute Gasteiger partial charge is 0.379 e. The van der Waals surface area contributed by atoms with E-state index < -0.39 is 6.29 Å². The van der Waals surface area contributed by atoms with Crippen LogP contribution in [0.25, 0.3) is 0 Å². The van der Waals surface area contributed by atoms with Crippen LogP contribution < -0.4 is 0 Å². The van der Waals surface area contributed by atoms with Crippen LogP contribution in [0.3, 0.4) is 0 Å². The summed E-state index contributed by atoms with van der Waals surface area (Å²) in [6.07, 6.45) is 2.25. The van der Waals surface area contributed by atoms with E-state index in [2.05, 4.69) is 6.92 Å². The number of hydrogen-bond donors (Lipinski definition) is 1. The van der Waals surface area contributed by atoms with Crippen molar-refractivity contribution >= 4 is 0 Å². The Morgan fingerprint density at radius 2 is 1.92 bits per heavy atom. The van der Waals surface area contributed by atoms with E-state index in [1.54, 1.807) is 0 Å². The highest BCUT2D eigenvalue weighted by Gasteiger charge is 1.98. The SMILES string of the molecule is CCCCOCCOC(O)CC. The molecule has 1 atom stereocenters. The highest BCUT2D eigenvalue weighted by Crippen LogP contribution is 1.92. The Hall–Kier alpha value is -0.120. The fourth-order valence-corrected chi connectivity index (χ4v) is 0.709. The number of aliphatic hydroxyl groups excluding tert-OH is 1. The van der Waals surface area contributed by atoms with E-state index >= 15 is 0 Å². The van der Waals surface area contributed by atoms with Gasteiger partial charge in [0.05, 0.1) is 13.2 Å². The van der Waals surface area contributed by atoms with Gasteiger partial charge in [0, 0.05) is 6.61 Å². The average molecular weight is 176 g/mol. The first-order chi connectivity index (χ1) is 5.81. The molecule has 0 spiro atoms. The summed E-state index contributed by atoms with van der Waals surface area (Å²) in [5, 5.41) is 8.98. The summed E-state index contributed by atoms with van der Waals surface area (Å²) in [5.41, 5.74) is 0. The third kappa shape index (κ3) is 7.98. The number of unbranched alkanes of at least 4 members (excludes halogenated alkanes) is 1. The second kappa shape index (κ2) is 8.97. The van der Waals surface area contributed by atoms with E-state index in [1.807, 2.05) is 6.92 Å². The minimum Gasteiger partial charge on any atom is -0.379 e. The standard InChI is InChI=1S/C9H20O3/c1-3-5-6-11-7-8-12-9(10)4-2/h9-10H,3-8H2,1-2H3. The van der Waals surface area contributed by atoms with E-state index in [4.69, 9.17) is 14.6 Å². The van der Waals surface area contributed by atoms with Crippen molar-refractivity contribution in [1.82, 2.24) is 0 Å². The zero-order valence-electron chi connectivity index (χ0n) is 8.08. The molecular formula is C9H20O3. The van der Waals surface area contributed by atoms with Crippen molar-refractivity contribution in [1.29, 1.82) is 0 Å². The Labute approximate surface area is 74.7 Å². The van der Waals surface area contributed by atoms with Crippen LogP contribution in [-0.4, -0.2) is 31.2 Å². The van der Waals surface area contributed by atoms with Gasteiger partial charge in [0.15, 0.2) is 6.29 Å². The lowest BCUT2D eigenvalue weighted by atomic mass is 10.4. The van der Waals surface area contributed by atoms with Crippen molar-refractivity contribution in [3.63, 3.8) is 0 Å². The molecule has 0 radical (unpaired) electrons. The first-order valence-electron chi connectivity index (χ1n) is 4.68. The molecule has 1 unspecified atom stereocenters. The van der Waals surface area contributed by atoms with E-state index in [0.717, 1.165) is 19.4 Å². The van der Waals surface area contributed by atoms with Crippen LogP contribution in [0.5, 0.6) is 0 Å². The average Bonchev–Trinajstić information content (AvgIpc) is 2.10. The number of aliphatic hydroxyl groups is 1. The lowest BCUT2D eigenvalue weighted by molar-refractivity contribution is -0.113. The van der Waals surface area contributed by atoms with Crippen LogP contribution >= 0.6 is 0 Å². The van der Waals surface area contributed by atoms with Gasteiger partial charge in [-0.25, -0.2) is 0 Å². The Morgan fingerprint density at radius 3 is 2.50 bits per heavy atom. The van der Waals surface area contributed by atoms with Gasteiger partial charge in [-0.15, -0.1) is 0 Å². The van der Waals surface area contributed by atoms with Gasteiger partial charge >= 0.3 is 0 Å². The van der Waals surface area contributed by atoms with Crippen LogP contribution in [0, 0.1) is 0 Å². The zero-order chi connectivity index (χ0) is 9.23. The monoisotopic (exact) mass is 176 g/mol. The fraction of sp³-hybridized carbons (Fsp3) is 1.00. The minimum absolute atomic E-state index is 0.485. The Morgan fingerprint density at radius 1 is 1.17 bits per heavy atom. The quantitative estimate of drug-likeness (QED) is 0.450. The van der Waals surface area contributed by atoms with Gasteiger partial charge in [-0.05, 0) is 12.8 Å². The number of ether oxygens (including phenoxy) is 2. The molecule has 0 aliphatic rings. The summed E-state index contributed by atoms with van der Waals surface area (Å²) < 4.78 is 10.2. The van der Waals surface area contributed by atoms with Gasteiger partial charge in [0.25, 0.3) is 0 Å². The third-order valence-corrected chi connectivity index (χ3v) is 1.53. The van der Waals surface area contributed by atoms with Crippen LogP contribution in [-0.2, 0) is 9.47 Å². The molecule has 0 bridgehead atoms. The van der Waals surface area contributed by atoms with E-state index in [9.17, 15) is 0 Å². The lowest BCUT2D eigenvalue weighted by Crippen LogP contribution is -2.14. The maximum absolute atomic E-state index is 8.98. The van der Waals surface area contributed by atoms with Crippen molar-refractivity contribution in [2.45, 2.75) is 39.4 Å². The molecule has 0 aromatic rings. The highest BCUT2D eigenvalue weighted by molar-refractivity contribution is 4.36. The van der Waals surface area contributed by atoms with Gasteiger partial charge < -0.3 is 14.6 Å². The fourth-order valence-electron chi connectivity index (χ4n) is 0.709. The molecule has 0 amide bonds. The van der Waals surface area contributed by atoms with Crippen LogP contribution in [0.15, 0.2) is 0 Å².